The average molecular weight is 449 g/mol. The standard InChI is InChI=1S/C23H34ClFN6/c24-19-9-17(4-5-20(19)25)29-23-18-8-14(16-11-27-13-28-12-16)3-6-21(18)30-22(31-23)15-2-1-7-26-10-15/h2,11,14,17,22-23,26-31H,1,3-10,12-13H2/t14-,17+,22+,23+/m1/s1. The summed E-state index contributed by atoms with van der Waals surface area (Å²) in [6, 6.07) is 0.188. The van der Waals surface area contributed by atoms with Crippen LogP contribution in [0.25, 0.3) is 0 Å². The summed E-state index contributed by atoms with van der Waals surface area (Å²) >= 11 is 6.17. The van der Waals surface area contributed by atoms with E-state index in [2.05, 4.69) is 44.2 Å². The Morgan fingerprint density at radius 2 is 1.97 bits per heavy atom. The zero-order valence-electron chi connectivity index (χ0n) is 18.0. The van der Waals surface area contributed by atoms with Gasteiger partial charge in [0, 0.05) is 37.7 Å². The van der Waals surface area contributed by atoms with E-state index in [-0.39, 0.29) is 24.2 Å². The molecular formula is C23H34ClFN6. The molecular weight excluding hydrogens is 415 g/mol. The monoisotopic (exact) mass is 448 g/mol. The molecule has 31 heavy (non-hydrogen) atoms. The van der Waals surface area contributed by atoms with Crippen LogP contribution in [-0.4, -0.2) is 44.7 Å². The van der Waals surface area contributed by atoms with E-state index in [1.807, 2.05) is 0 Å². The second-order valence-corrected chi connectivity index (χ2v) is 9.76. The first-order chi connectivity index (χ1) is 15.2. The molecule has 0 amide bonds. The normalized spacial score (nSPS) is 34.4. The molecule has 0 unspecified atom stereocenters. The summed E-state index contributed by atoms with van der Waals surface area (Å²) in [5, 5.41) is 22.1. The molecule has 170 valence electrons. The minimum atomic E-state index is -0.142. The highest BCUT2D eigenvalue weighted by Crippen LogP contribution is 2.37. The molecule has 0 radical (unpaired) electrons. The van der Waals surface area contributed by atoms with Crippen molar-refractivity contribution in [2.45, 2.75) is 63.3 Å². The van der Waals surface area contributed by atoms with Crippen LogP contribution in [0.4, 0.5) is 4.39 Å². The highest BCUT2D eigenvalue weighted by molar-refractivity contribution is 6.29. The van der Waals surface area contributed by atoms with Crippen molar-refractivity contribution in [3.8, 4) is 0 Å². The lowest BCUT2D eigenvalue weighted by Crippen LogP contribution is -2.62. The first-order valence-corrected chi connectivity index (χ1v) is 12.1. The van der Waals surface area contributed by atoms with Crippen molar-refractivity contribution in [2.24, 2.45) is 5.92 Å². The molecule has 5 rings (SSSR count). The Hall–Kier alpha value is -1.38. The van der Waals surface area contributed by atoms with Crippen molar-refractivity contribution in [2.75, 3.05) is 26.3 Å². The van der Waals surface area contributed by atoms with Crippen LogP contribution in [0.5, 0.6) is 0 Å². The van der Waals surface area contributed by atoms with E-state index < -0.39 is 0 Å². The topological polar surface area (TPSA) is 72.2 Å². The molecule has 0 spiro atoms. The summed E-state index contributed by atoms with van der Waals surface area (Å²) in [4.78, 5) is 0. The third-order valence-corrected chi connectivity index (χ3v) is 7.59. The Morgan fingerprint density at radius 3 is 2.74 bits per heavy atom. The predicted molar refractivity (Wildman–Crippen MR) is 123 cm³/mol. The quantitative estimate of drug-likeness (QED) is 0.371. The molecule has 3 aliphatic heterocycles. The largest absolute Gasteiger partial charge is 0.378 e. The van der Waals surface area contributed by atoms with Crippen molar-refractivity contribution in [1.29, 1.82) is 0 Å². The maximum absolute atomic E-state index is 13.8. The van der Waals surface area contributed by atoms with E-state index in [0.29, 0.717) is 23.8 Å². The number of halogens is 2. The fourth-order valence-electron chi connectivity index (χ4n) is 5.48. The SMILES string of the molecule is FC1=C(Cl)C[C@@H](N[C@H]2N[C@@H](C3=CCCNC3)NC3=C2C[C@H](C2=CNCNC2)CC3)CC1. The molecule has 4 atom stereocenters. The Bertz CT molecular complexity index is 819. The third-order valence-electron chi connectivity index (χ3n) is 7.23. The Labute approximate surface area is 189 Å². The van der Waals surface area contributed by atoms with Crippen molar-refractivity contribution in [3.63, 3.8) is 0 Å². The number of hydrogen-bond acceptors (Lipinski definition) is 6. The van der Waals surface area contributed by atoms with Crippen LogP contribution in [0.15, 0.2) is 45.6 Å². The van der Waals surface area contributed by atoms with Gasteiger partial charge in [-0.1, -0.05) is 17.7 Å². The molecule has 8 heteroatoms. The molecule has 0 aromatic carbocycles. The van der Waals surface area contributed by atoms with Gasteiger partial charge in [0.25, 0.3) is 0 Å². The number of hydrogen-bond donors (Lipinski definition) is 6. The Morgan fingerprint density at radius 1 is 1.06 bits per heavy atom. The lowest BCUT2D eigenvalue weighted by atomic mass is 9.79. The molecule has 0 aromatic heterocycles. The molecule has 6 N–H and O–H groups in total. The van der Waals surface area contributed by atoms with Crippen molar-refractivity contribution < 1.29 is 4.39 Å². The number of rotatable bonds is 4. The minimum Gasteiger partial charge on any atom is -0.378 e. The van der Waals surface area contributed by atoms with E-state index in [9.17, 15) is 4.39 Å². The van der Waals surface area contributed by atoms with Crippen LogP contribution in [-0.2, 0) is 0 Å². The van der Waals surface area contributed by atoms with Gasteiger partial charge >= 0.3 is 0 Å². The molecule has 0 fully saturated rings. The molecule has 0 aromatic rings. The van der Waals surface area contributed by atoms with Gasteiger partial charge in [0.15, 0.2) is 0 Å². The zero-order valence-corrected chi connectivity index (χ0v) is 18.8. The molecule has 3 heterocycles. The second-order valence-electron chi connectivity index (χ2n) is 9.31. The summed E-state index contributed by atoms with van der Waals surface area (Å²) in [6.07, 6.45) is 10.9. The fraction of sp³-hybridized carbons (Fsp3) is 0.652. The predicted octanol–water partition coefficient (Wildman–Crippen LogP) is 2.40. The number of nitrogens with one attached hydrogen (secondary N) is 6. The van der Waals surface area contributed by atoms with Gasteiger partial charge in [-0.3, -0.25) is 16.0 Å². The van der Waals surface area contributed by atoms with Crippen molar-refractivity contribution >= 4 is 11.6 Å². The van der Waals surface area contributed by atoms with E-state index in [0.717, 1.165) is 52.0 Å². The van der Waals surface area contributed by atoms with Gasteiger partial charge in [0.2, 0.25) is 0 Å². The maximum Gasteiger partial charge on any atom is 0.114 e. The smallest absolute Gasteiger partial charge is 0.114 e. The molecule has 0 saturated heterocycles. The van der Waals surface area contributed by atoms with Crippen LogP contribution in [0.2, 0.25) is 0 Å². The van der Waals surface area contributed by atoms with Gasteiger partial charge in [-0.25, -0.2) is 4.39 Å². The van der Waals surface area contributed by atoms with E-state index in [1.54, 1.807) is 0 Å². The van der Waals surface area contributed by atoms with Crippen LogP contribution in [0.3, 0.4) is 0 Å². The lowest BCUT2D eigenvalue weighted by Gasteiger charge is -2.44. The van der Waals surface area contributed by atoms with Gasteiger partial charge in [0.1, 0.15) is 12.0 Å². The summed E-state index contributed by atoms with van der Waals surface area (Å²) in [5.41, 5.74) is 5.64. The summed E-state index contributed by atoms with van der Waals surface area (Å²) < 4.78 is 13.8. The van der Waals surface area contributed by atoms with Crippen molar-refractivity contribution in [1.82, 2.24) is 31.9 Å². The van der Waals surface area contributed by atoms with Crippen LogP contribution in [0.1, 0.15) is 44.9 Å². The van der Waals surface area contributed by atoms with Gasteiger partial charge in [-0.05, 0) is 67.5 Å². The highest BCUT2D eigenvalue weighted by Gasteiger charge is 2.36. The van der Waals surface area contributed by atoms with E-state index >= 15 is 0 Å². The Kier molecular flexibility index (Phi) is 6.67. The van der Waals surface area contributed by atoms with Crippen LogP contribution < -0.4 is 31.9 Å². The third kappa shape index (κ3) is 4.86. The summed E-state index contributed by atoms with van der Waals surface area (Å²) in [6.45, 7) is 3.76. The van der Waals surface area contributed by atoms with E-state index in [4.69, 9.17) is 11.6 Å². The fourth-order valence-corrected chi connectivity index (χ4v) is 5.76. The summed E-state index contributed by atoms with van der Waals surface area (Å²) in [5.74, 6) is 0.405. The maximum atomic E-state index is 13.8. The average Bonchev–Trinajstić information content (AvgIpc) is 2.82. The Balaban J connectivity index is 1.36. The first kappa shape index (κ1) is 21.5. The number of allylic oxidation sites excluding steroid dienone is 2. The van der Waals surface area contributed by atoms with E-state index in [1.165, 1.54) is 28.8 Å². The molecule has 0 saturated carbocycles. The van der Waals surface area contributed by atoms with Crippen molar-refractivity contribution in [3.05, 3.63) is 45.6 Å². The summed E-state index contributed by atoms with van der Waals surface area (Å²) in [7, 11) is 0. The van der Waals surface area contributed by atoms with Crippen LogP contribution in [0, 0.1) is 5.92 Å². The molecule has 6 nitrogen and oxygen atoms in total. The molecule has 5 aliphatic rings. The van der Waals surface area contributed by atoms with Gasteiger partial charge in [0.05, 0.1) is 17.9 Å². The highest BCUT2D eigenvalue weighted by atomic mass is 35.5. The minimum absolute atomic E-state index is 0.0765. The molecule has 2 aliphatic carbocycles. The lowest BCUT2D eigenvalue weighted by molar-refractivity contribution is 0.289. The first-order valence-electron chi connectivity index (χ1n) is 11.7. The van der Waals surface area contributed by atoms with Gasteiger partial charge in [-0.15, -0.1) is 0 Å². The molecule has 0 bridgehead atoms. The van der Waals surface area contributed by atoms with Gasteiger partial charge < -0.3 is 16.0 Å². The second kappa shape index (κ2) is 9.63. The zero-order chi connectivity index (χ0) is 21.2. The van der Waals surface area contributed by atoms with Gasteiger partial charge in [-0.2, -0.15) is 0 Å². The van der Waals surface area contributed by atoms with Crippen LogP contribution >= 0.6 is 11.6 Å².